The average Bonchev–Trinajstić information content (AvgIpc) is 2.23. The van der Waals surface area contributed by atoms with Gasteiger partial charge in [0.15, 0.2) is 0 Å². The minimum absolute atomic E-state index is 0.133. The number of nitrogens with two attached hydrogens (primary N) is 1. The minimum Gasteiger partial charge on any atom is -0.383 e. The summed E-state index contributed by atoms with van der Waals surface area (Å²) >= 11 is 3.35. The average molecular weight is 270 g/mol. The summed E-state index contributed by atoms with van der Waals surface area (Å²) in [6.07, 6.45) is 3.25. The van der Waals surface area contributed by atoms with Crippen LogP contribution >= 0.6 is 15.9 Å². The maximum absolute atomic E-state index is 11.0. The molecule has 0 spiro atoms. The van der Waals surface area contributed by atoms with E-state index in [2.05, 4.69) is 26.2 Å². The second-order valence-electron chi connectivity index (χ2n) is 3.68. The monoisotopic (exact) mass is 269 g/mol. The number of nitrogens with zero attached hydrogens (tertiary/aromatic N) is 1. The van der Waals surface area contributed by atoms with E-state index in [0.29, 0.717) is 24.7 Å². The number of rotatable bonds is 1. The first-order valence-electron chi connectivity index (χ1n) is 4.84. The van der Waals surface area contributed by atoms with Crippen LogP contribution in [0.1, 0.15) is 24.3 Å². The van der Waals surface area contributed by atoms with E-state index in [1.54, 1.807) is 6.20 Å². The predicted molar refractivity (Wildman–Crippen MR) is 61.3 cm³/mol. The number of carbonyl (C=O) groups is 1. The summed E-state index contributed by atoms with van der Waals surface area (Å²) in [5.74, 6) is 0.986. The van der Waals surface area contributed by atoms with Gasteiger partial charge in [0.05, 0.1) is 4.47 Å². The van der Waals surface area contributed by atoms with Crippen LogP contribution in [0.2, 0.25) is 0 Å². The fourth-order valence-corrected chi connectivity index (χ4v) is 2.07. The molecule has 1 saturated heterocycles. The molecule has 0 aliphatic carbocycles. The van der Waals surface area contributed by atoms with Gasteiger partial charge in [0.25, 0.3) is 0 Å². The molecule has 1 aliphatic heterocycles. The zero-order valence-corrected chi connectivity index (χ0v) is 9.75. The van der Waals surface area contributed by atoms with Crippen LogP contribution in [0, 0.1) is 0 Å². The SMILES string of the molecule is Nc1ncc([C@H]2CCC(=O)NC2)cc1Br. The Bertz CT molecular complexity index is 384. The van der Waals surface area contributed by atoms with Gasteiger partial charge < -0.3 is 11.1 Å². The molecule has 2 rings (SSSR count). The second-order valence-corrected chi connectivity index (χ2v) is 4.53. The number of nitrogen functional groups attached to an aromatic ring is 1. The van der Waals surface area contributed by atoms with E-state index in [1.807, 2.05) is 6.07 Å². The highest BCUT2D eigenvalue weighted by Crippen LogP contribution is 2.27. The van der Waals surface area contributed by atoms with Crippen molar-refractivity contribution in [1.82, 2.24) is 10.3 Å². The third kappa shape index (κ3) is 2.28. The number of amides is 1. The predicted octanol–water partition coefficient (Wildman–Crippen LogP) is 1.42. The quantitative estimate of drug-likeness (QED) is 0.811. The normalized spacial score (nSPS) is 21.1. The van der Waals surface area contributed by atoms with E-state index in [0.717, 1.165) is 16.5 Å². The molecule has 1 atom stereocenters. The highest BCUT2D eigenvalue weighted by molar-refractivity contribution is 9.10. The van der Waals surface area contributed by atoms with E-state index in [-0.39, 0.29) is 5.91 Å². The van der Waals surface area contributed by atoms with Crippen LogP contribution < -0.4 is 11.1 Å². The van der Waals surface area contributed by atoms with E-state index in [1.165, 1.54) is 0 Å². The van der Waals surface area contributed by atoms with Crippen LogP contribution in [0.5, 0.6) is 0 Å². The van der Waals surface area contributed by atoms with Crippen LogP contribution in [0.3, 0.4) is 0 Å². The van der Waals surface area contributed by atoms with Crippen molar-refractivity contribution in [1.29, 1.82) is 0 Å². The lowest BCUT2D eigenvalue weighted by atomic mass is 9.93. The Balaban J connectivity index is 2.16. The lowest BCUT2D eigenvalue weighted by Crippen LogP contribution is -2.33. The van der Waals surface area contributed by atoms with Crippen LogP contribution in [0.25, 0.3) is 0 Å². The number of piperidine rings is 1. The second kappa shape index (κ2) is 4.18. The van der Waals surface area contributed by atoms with Crippen molar-refractivity contribution in [3.05, 3.63) is 22.3 Å². The summed E-state index contributed by atoms with van der Waals surface area (Å²) in [5, 5.41) is 2.85. The Morgan fingerprint density at radius 3 is 3.00 bits per heavy atom. The van der Waals surface area contributed by atoms with Crippen LogP contribution in [0.15, 0.2) is 16.7 Å². The molecule has 0 unspecified atom stereocenters. The van der Waals surface area contributed by atoms with Crippen molar-refractivity contribution in [2.24, 2.45) is 0 Å². The van der Waals surface area contributed by atoms with Gasteiger partial charge in [0.1, 0.15) is 5.82 Å². The summed E-state index contributed by atoms with van der Waals surface area (Å²) in [7, 11) is 0. The first kappa shape index (κ1) is 10.4. The minimum atomic E-state index is 0.133. The van der Waals surface area contributed by atoms with Crippen molar-refractivity contribution in [2.75, 3.05) is 12.3 Å². The molecule has 1 aromatic rings. The summed E-state index contributed by atoms with van der Waals surface area (Å²) < 4.78 is 0.817. The first-order chi connectivity index (χ1) is 7.16. The number of pyridine rings is 1. The van der Waals surface area contributed by atoms with E-state index >= 15 is 0 Å². The largest absolute Gasteiger partial charge is 0.383 e. The number of halogens is 1. The molecule has 80 valence electrons. The van der Waals surface area contributed by atoms with Gasteiger partial charge in [-0.15, -0.1) is 0 Å². The lowest BCUT2D eigenvalue weighted by molar-refractivity contribution is -0.122. The summed E-state index contributed by atoms with van der Waals surface area (Å²) in [4.78, 5) is 15.1. The molecule has 0 bridgehead atoms. The molecular weight excluding hydrogens is 258 g/mol. The Hall–Kier alpha value is -1.10. The zero-order valence-electron chi connectivity index (χ0n) is 8.16. The maximum atomic E-state index is 11.0. The number of hydrogen-bond donors (Lipinski definition) is 2. The van der Waals surface area contributed by atoms with Gasteiger partial charge >= 0.3 is 0 Å². The van der Waals surface area contributed by atoms with E-state index in [9.17, 15) is 4.79 Å². The van der Waals surface area contributed by atoms with E-state index in [4.69, 9.17) is 5.73 Å². The van der Waals surface area contributed by atoms with Gasteiger partial charge in [-0.25, -0.2) is 4.98 Å². The first-order valence-corrected chi connectivity index (χ1v) is 5.63. The molecule has 1 amide bonds. The Morgan fingerprint density at radius 1 is 1.60 bits per heavy atom. The highest BCUT2D eigenvalue weighted by Gasteiger charge is 2.20. The van der Waals surface area contributed by atoms with Crippen LogP contribution in [-0.4, -0.2) is 17.4 Å². The molecule has 1 aliphatic rings. The standard InChI is InChI=1S/C10H12BrN3O/c11-8-3-7(5-14-10(8)12)6-1-2-9(15)13-4-6/h3,5-6H,1-2,4H2,(H2,12,14)(H,13,15)/t6-/m0/s1. The summed E-state index contributed by atoms with van der Waals surface area (Å²) in [5.41, 5.74) is 6.73. The molecule has 0 saturated carbocycles. The van der Waals surface area contributed by atoms with Gasteiger partial charge in [-0.05, 0) is 34.0 Å². The van der Waals surface area contributed by atoms with Gasteiger partial charge in [0, 0.05) is 25.1 Å². The van der Waals surface area contributed by atoms with Crippen molar-refractivity contribution >= 4 is 27.7 Å². The smallest absolute Gasteiger partial charge is 0.220 e. The number of anilines is 1. The molecule has 5 heteroatoms. The molecule has 1 aromatic heterocycles. The fourth-order valence-electron chi connectivity index (χ4n) is 1.70. The fraction of sp³-hybridized carbons (Fsp3) is 0.400. The molecule has 3 N–H and O–H groups in total. The molecule has 0 radical (unpaired) electrons. The van der Waals surface area contributed by atoms with Crippen LogP contribution in [-0.2, 0) is 4.79 Å². The molecular formula is C10H12BrN3O. The summed E-state index contributed by atoms with van der Waals surface area (Å²) in [6, 6.07) is 1.98. The maximum Gasteiger partial charge on any atom is 0.220 e. The zero-order chi connectivity index (χ0) is 10.8. The highest BCUT2D eigenvalue weighted by atomic mass is 79.9. The molecule has 1 fully saturated rings. The van der Waals surface area contributed by atoms with Gasteiger partial charge in [0.2, 0.25) is 5.91 Å². The number of nitrogens with one attached hydrogen (secondary N) is 1. The van der Waals surface area contributed by atoms with Gasteiger partial charge in [-0.3, -0.25) is 4.79 Å². The van der Waals surface area contributed by atoms with Crippen molar-refractivity contribution < 1.29 is 4.79 Å². The van der Waals surface area contributed by atoms with Gasteiger partial charge in [-0.2, -0.15) is 0 Å². The lowest BCUT2D eigenvalue weighted by Gasteiger charge is -2.22. The van der Waals surface area contributed by atoms with Crippen molar-refractivity contribution in [3.8, 4) is 0 Å². The Morgan fingerprint density at radius 2 is 2.40 bits per heavy atom. The number of aromatic nitrogens is 1. The van der Waals surface area contributed by atoms with Crippen molar-refractivity contribution in [3.63, 3.8) is 0 Å². The molecule has 0 aromatic carbocycles. The van der Waals surface area contributed by atoms with Crippen molar-refractivity contribution in [2.45, 2.75) is 18.8 Å². The summed E-state index contributed by atoms with van der Waals surface area (Å²) in [6.45, 7) is 0.691. The van der Waals surface area contributed by atoms with Crippen LogP contribution in [0.4, 0.5) is 5.82 Å². The third-order valence-corrected chi connectivity index (χ3v) is 3.26. The number of hydrogen-bond acceptors (Lipinski definition) is 3. The number of carbonyl (C=O) groups excluding carboxylic acids is 1. The van der Waals surface area contributed by atoms with E-state index < -0.39 is 0 Å². The Kier molecular flexibility index (Phi) is 2.90. The molecule has 2 heterocycles. The molecule has 4 nitrogen and oxygen atoms in total. The van der Waals surface area contributed by atoms with Gasteiger partial charge in [-0.1, -0.05) is 0 Å². The molecule has 15 heavy (non-hydrogen) atoms. The third-order valence-electron chi connectivity index (χ3n) is 2.63. The Labute approximate surface area is 96.4 Å². The topological polar surface area (TPSA) is 68.0 Å².